The van der Waals surface area contributed by atoms with Crippen LogP contribution < -0.4 is 4.90 Å². The topological polar surface area (TPSA) is 52.2 Å². The lowest BCUT2D eigenvalue weighted by atomic mass is 10.1. The van der Waals surface area contributed by atoms with Gasteiger partial charge in [-0.1, -0.05) is 17.7 Å². The van der Waals surface area contributed by atoms with Crippen molar-refractivity contribution < 1.29 is 18.0 Å². The summed E-state index contributed by atoms with van der Waals surface area (Å²) in [6.45, 7) is 3.74. The van der Waals surface area contributed by atoms with Gasteiger partial charge in [-0.25, -0.2) is 0 Å². The third kappa shape index (κ3) is 3.42. The zero-order chi connectivity index (χ0) is 19.9. The Morgan fingerprint density at radius 1 is 1.07 bits per heavy atom. The summed E-state index contributed by atoms with van der Waals surface area (Å²) < 4.78 is 38.8. The number of fused-ring (bicyclic) bond motifs is 1. The molecule has 0 saturated carbocycles. The van der Waals surface area contributed by atoms with E-state index in [1.54, 1.807) is 11.0 Å². The van der Waals surface area contributed by atoms with Gasteiger partial charge >= 0.3 is 6.18 Å². The van der Waals surface area contributed by atoms with Gasteiger partial charge in [0.15, 0.2) is 5.69 Å². The van der Waals surface area contributed by atoms with E-state index < -0.39 is 11.7 Å². The van der Waals surface area contributed by atoms with Crippen LogP contribution >= 0.6 is 0 Å². The van der Waals surface area contributed by atoms with Crippen LogP contribution in [-0.2, 0) is 6.18 Å². The maximum atomic E-state index is 12.9. The SMILES string of the molecule is Cc1ccc2[nH]nc(C(=O)N3CCN(c4cccc(C(F)(F)F)c4)CC3)c2c1. The van der Waals surface area contributed by atoms with E-state index in [2.05, 4.69) is 10.2 Å². The number of carbonyl (C=O) groups excluding carboxylic acids is 1. The van der Waals surface area contributed by atoms with E-state index in [-0.39, 0.29) is 5.91 Å². The van der Waals surface area contributed by atoms with Gasteiger partial charge in [-0.3, -0.25) is 9.89 Å². The van der Waals surface area contributed by atoms with E-state index in [1.807, 2.05) is 30.0 Å². The molecular weight excluding hydrogens is 369 g/mol. The molecule has 1 fully saturated rings. The van der Waals surface area contributed by atoms with Crippen molar-refractivity contribution in [3.8, 4) is 0 Å². The largest absolute Gasteiger partial charge is 0.416 e. The Morgan fingerprint density at radius 3 is 2.54 bits per heavy atom. The van der Waals surface area contributed by atoms with Gasteiger partial charge in [-0.15, -0.1) is 0 Å². The molecule has 8 heteroatoms. The van der Waals surface area contributed by atoms with Gasteiger partial charge in [0.2, 0.25) is 0 Å². The first-order valence-corrected chi connectivity index (χ1v) is 8.99. The highest BCUT2D eigenvalue weighted by Crippen LogP contribution is 2.32. The van der Waals surface area contributed by atoms with E-state index in [1.165, 1.54) is 6.07 Å². The Morgan fingerprint density at radius 2 is 1.82 bits per heavy atom. The van der Waals surface area contributed by atoms with Gasteiger partial charge in [0.05, 0.1) is 11.1 Å². The summed E-state index contributed by atoms with van der Waals surface area (Å²) in [6.07, 6.45) is -4.37. The van der Waals surface area contributed by atoms with Crippen molar-refractivity contribution in [1.29, 1.82) is 0 Å². The minimum Gasteiger partial charge on any atom is -0.368 e. The fourth-order valence-electron chi connectivity index (χ4n) is 3.49. The molecule has 146 valence electrons. The number of rotatable bonds is 2. The first-order chi connectivity index (χ1) is 13.3. The van der Waals surface area contributed by atoms with Crippen LogP contribution in [0.15, 0.2) is 42.5 Å². The Kier molecular flexibility index (Phi) is 4.49. The van der Waals surface area contributed by atoms with E-state index in [4.69, 9.17) is 0 Å². The Labute approximate surface area is 159 Å². The zero-order valence-corrected chi connectivity index (χ0v) is 15.3. The fraction of sp³-hybridized carbons (Fsp3) is 0.300. The molecule has 1 aliphatic heterocycles. The summed E-state index contributed by atoms with van der Waals surface area (Å²) in [6, 6.07) is 11.0. The predicted octanol–water partition coefficient (Wildman–Crippen LogP) is 3.85. The number of nitrogens with one attached hydrogen (secondary N) is 1. The molecule has 2 heterocycles. The first-order valence-electron chi connectivity index (χ1n) is 8.99. The summed E-state index contributed by atoms with van der Waals surface area (Å²) >= 11 is 0. The van der Waals surface area contributed by atoms with Gasteiger partial charge in [0.1, 0.15) is 0 Å². The van der Waals surface area contributed by atoms with Crippen LogP contribution in [-0.4, -0.2) is 47.2 Å². The number of carbonyl (C=O) groups is 1. The molecule has 0 bridgehead atoms. The van der Waals surface area contributed by atoms with Gasteiger partial charge < -0.3 is 9.80 Å². The minimum absolute atomic E-state index is 0.166. The average molecular weight is 388 g/mol. The molecule has 1 aromatic heterocycles. The van der Waals surface area contributed by atoms with Crippen LogP contribution in [0, 0.1) is 6.92 Å². The lowest BCUT2D eigenvalue weighted by molar-refractivity contribution is -0.137. The number of aromatic nitrogens is 2. The van der Waals surface area contributed by atoms with Crippen LogP contribution in [0.25, 0.3) is 10.9 Å². The zero-order valence-electron chi connectivity index (χ0n) is 15.3. The number of piperazine rings is 1. The molecule has 4 rings (SSSR count). The summed E-state index contributed by atoms with van der Waals surface area (Å²) in [5, 5.41) is 7.83. The quantitative estimate of drug-likeness (QED) is 0.726. The second-order valence-corrected chi connectivity index (χ2v) is 6.95. The van der Waals surface area contributed by atoms with Crippen LogP contribution in [0.3, 0.4) is 0 Å². The molecule has 1 N–H and O–H groups in total. The number of H-pyrrole nitrogens is 1. The van der Waals surface area contributed by atoms with Crippen molar-refractivity contribution in [2.24, 2.45) is 0 Å². The molecule has 5 nitrogen and oxygen atoms in total. The number of aryl methyl sites for hydroxylation is 1. The van der Waals surface area contributed by atoms with Crippen LogP contribution in [0.5, 0.6) is 0 Å². The number of alkyl halides is 3. The Bertz CT molecular complexity index is 1020. The second kappa shape index (κ2) is 6.85. The highest BCUT2D eigenvalue weighted by atomic mass is 19.4. The van der Waals surface area contributed by atoms with Crippen molar-refractivity contribution in [2.75, 3.05) is 31.1 Å². The van der Waals surface area contributed by atoms with E-state index in [0.717, 1.165) is 28.6 Å². The van der Waals surface area contributed by atoms with E-state index >= 15 is 0 Å². The van der Waals surface area contributed by atoms with Crippen molar-refractivity contribution in [3.05, 3.63) is 59.3 Å². The van der Waals surface area contributed by atoms with Gasteiger partial charge in [-0.05, 0) is 37.3 Å². The van der Waals surface area contributed by atoms with E-state index in [9.17, 15) is 18.0 Å². The summed E-state index contributed by atoms with van der Waals surface area (Å²) in [7, 11) is 0. The molecule has 28 heavy (non-hydrogen) atoms. The molecular formula is C20H19F3N4O. The van der Waals surface area contributed by atoms with Crippen molar-refractivity contribution in [2.45, 2.75) is 13.1 Å². The average Bonchev–Trinajstić information content (AvgIpc) is 3.10. The second-order valence-electron chi connectivity index (χ2n) is 6.95. The third-order valence-electron chi connectivity index (χ3n) is 5.03. The number of hydrogen-bond donors (Lipinski definition) is 1. The van der Waals surface area contributed by atoms with E-state index in [0.29, 0.717) is 37.6 Å². The monoisotopic (exact) mass is 388 g/mol. The van der Waals surface area contributed by atoms with Crippen LogP contribution in [0.1, 0.15) is 21.6 Å². The molecule has 0 unspecified atom stereocenters. The molecule has 1 amide bonds. The van der Waals surface area contributed by atoms with Gasteiger partial charge in [0, 0.05) is 37.3 Å². The summed E-state index contributed by atoms with van der Waals surface area (Å²) in [5.41, 5.74) is 2.07. The van der Waals surface area contributed by atoms with Crippen molar-refractivity contribution in [3.63, 3.8) is 0 Å². The maximum Gasteiger partial charge on any atom is 0.416 e. The first kappa shape index (κ1) is 18.3. The molecule has 3 aromatic rings. The number of amides is 1. The van der Waals surface area contributed by atoms with Crippen LogP contribution in [0.4, 0.5) is 18.9 Å². The van der Waals surface area contributed by atoms with Gasteiger partial charge in [-0.2, -0.15) is 18.3 Å². The molecule has 1 saturated heterocycles. The third-order valence-corrected chi connectivity index (χ3v) is 5.03. The van der Waals surface area contributed by atoms with Crippen LogP contribution in [0.2, 0.25) is 0 Å². The fourth-order valence-corrected chi connectivity index (χ4v) is 3.49. The minimum atomic E-state index is -4.37. The van der Waals surface area contributed by atoms with Gasteiger partial charge in [0.25, 0.3) is 5.91 Å². The molecule has 0 spiro atoms. The Balaban J connectivity index is 1.48. The smallest absolute Gasteiger partial charge is 0.368 e. The highest BCUT2D eigenvalue weighted by Gasteiger charge is 2.31. The van der Waals surface area contributed by atoms with Crippen molar-refractivity contribution >= 4 is 22.5 Å². The number of benzene rings is 2. The molecule has 0 atom stereocenters. The maximum absolute atomic E-state index is 12.9. The number of nitrogens with zero attached hydrogens (tertiary/aromatic N) is 3. The van der Waals surface area contributed by atoms with Crippen molar-refractivity contribution in [1.82, 2.24) is 15.1 Å². The summed E-state index contributed by atoms with van der Waals surface area (Å²) in [4.78, 5) is 16.5. The standard InChI is InChI=1S/C20H19F3N4O/c1-13-5-6-17-16(11-13)18(25-24-17)19(28)27-9-7-26(8-10-27)15-4-2-3-14(12-15)20(21,22)23/h2-6,11-12H,7-10H2,1H3,(H,24,25). The lowest BCUT2D eigenvalue weighted by Crippen LogP contribution is -2.49. The number of aromatic amines is 1. The molecule has 0 aliphatic carbocycles. The number of anilines is 1. The lowest BCUT2D eigenvalue weighted by Gasteiger charge is -2.36. The predicted molar refractivity (Wildman–Crippen MR) is 100 cm³/mol. The molecule has 0 radical (unpaired) electrons. The normalized spacial score (nSPS) is 15.3. The Hall–Kier alpha value is -3.03. The highest BCUT2D eigenvalue weighted by molar-refractivity contribution is 6.04. The number of hydrogen-bond acceptors (Lipinski definition) is 3. The molecule has 2 aromatic carbocycles. The molecule has 1 aliphatic rings. The number of halogens is 3. The summed E-state index contributed by atoms with van der Waals surface area (Å²) in [5.74, 6) is -0.166.